The van der Waals surface area contributed by atoms with Gasteiger partial charge in [-0.1, -0.05) is 43.9 Å². The van der Waals surface area contributed by atoms with Crippen LogP contribution in [0.2, 0.25) is 0 Å². The van der Waals surface area contributed by atoms with Crippen LogP contribution in [-0.4, -0.2) is 15.7 Å². The van der Waals surface area contributed by atoms with Crippen molar-refractivity contribution in [1.82, 2.24) is 9.97 Å². The van der Waals surface area contributed by atoms with E-state index in [-0.39, 0.29) is 0 Å². The second kappa shape index (κ2) is 8.35. The highest BCUT2D eigenvalue weighted by Gasteiger charge is 2.07. The number of nitrogens with zero attached hydrogens (tertiary/aromatic N) is 2. The molecule has 0 radical (unpaired) electrons. The van der Waals surface area contributed by atoms with E-state index in [9.17, 15) is 0 Å². The molecule has 0 N–H and O–H groups in total. The van der Waals surface area contributed by atoms with Crippen LogP contribution in [0.25, 0.3) is 17.0 Å². The summed E-state index contributed by atoms with van der Waals surface area (Å²) in [6, 6.07) is 10.0. The number of hydrogen-bond acceptors (Lipinski definition) is 3. The van der Waals surface area contributed by atoms with Crippen molar-refractivity contribution in [3.05, 3.63) is 73.1 Å². The first kappa shape index (κ1) is 16.2. The normalized spacial score (nSPS) is 11.4. The van der Waals surface area contributed by atoms with E-state index in [1.807, 2.05) is 49.4 Å². The van der Waals surface area contributed by atoms with Gasteiger partial charge in [0.05, 0.1) is 17.1 Å². The van der Waals surface area contributed by atoms with Crippen LogP contribution < -0.4 is 0 Å². The van der Waals surface area contributed by atoms with Crippen molar-refractivity contribution in [3.8, 4) is 11.4 Å². The Morgan fingerprint density at radius 2 is 2.09 bits per heavy atom. The Labute approximate surface area is 136 Å². The molecular weight excluding hydrogens is 288 g/mol. The first-order valence-corrected chi connectivity index (χ1v) is 8.28. The van der Waals surface area contributed by atoms with Crippen LogP contribution in [0.1, 0.15) is 19.5 Å². The second-order valence-electron chi connectivity index (χ2n) is 4.63. The molecule has 0 aliphatic carbocycles. The molecular formula is C19H20N2S. The van der Waals surface area contributed by atoms with Crippen molar-refractivity contribution in [3.63, 3.8) is 0 Å². The van der Waals surface area contributed by atoms with E-state index in [1.165, 1.54) is 4.90 Å². The molecule has 0 aliphatic rings. The minimum absolute atomic E-state index is 0.882. The highest BCUT2D eigenvalue weighted by Crippen LogP contribution is 2.26. The summed E-state index contributed by atoms with van der Waals surface area (Å²) in [4.78, 5) is 10.3. The Kier molecular flexibility index (Phi) is 6.16. The summed E-state index contributed by atoms with van der Waals surface area (Å²) in [5.41, 5.74) is 3.55. The maximum Gasteiger partial charge on any atom is 0.0904 e. The van der Waals surface area contributed by atoms with Crippen molar-refractivity contribution >= 4 is 17.3 Å². The fourth-order valence-corrected chi connectivity index (χ4v) is 2.66. The average Bonchev–Trinajstić information content (AvgIpc) is 2.56. The quantitative estimate of drug-likeness (QED) is 0.528. The van der Waals surface area contributed by atoms with Gasteiger partial charge in [-0.3, -0.25) is 4.98 Å². The van der Waals surface area contributed by atoms with E-state index >= 15 is 0 Å². The predicted octanol–water partition coefficient (Wildman–Crippen LogP) is 5.40. The highest BCUT2D eigenvalue weighted by atomic mass is 32.2. The van der Waals surface area contributed by atoms with E-state index in [1.54, 1.807) is 18.0 Å². The maximum absolute atomic E-state index is 4.71. The van der Waals surface area contributed by atoms with E-state index in [0.29, 0.717) is 0 Å². The molecule has 0 saturated heterocycles. The molecule has 0 aliphatic heterocycles. The number of hydrogen-bond donors (Lipinski definition) is 0. The number of thioether (sulfide) groups is 1. The zero-order valence-corrected chi connectivity index (χ0v) is 13.8. The van der Waals surface area contributed by atoms with Gasteiger partial charge in [-0.05, 0) is 42.5 Å². The monoisotopic (exact) mass is 308 g/mol. The fraction of sp³-hybridized carbons (Fsp3) is 0.158. The molecule has 0 spiro atoms. The number of rotatable bonds is 6. The van der Waals surface area contributed by atoms with Crippen LogP contribution in [0.4, 0.5) is 0 Å². The second-order valence-corrected chi connectivity index (χ2v) is 5.97. The Bertz CT molecular complexity index is 688. The molecule has 2 rings (SSSR count). The first-order valence-electron chi connectivity index (χ1n) is 7.29. The van der Waals surface area contributed by atoms with Crippen LogP contribution >= 0.6 is 11.8 Å². The number of aromatic nitrogens is 2. The lowest BCUT2D eigenvalue weighted by Crippen LogP contribution is -1.93. The van der Waals surface area contributed by atoms with Gasteiger partial charge in [-0.15, -0.1) is 11.8 Å². The summed E-state index contributed by atoms with van der Waals surface area (Å²) in [6.45, 7) is 8.25. The lowest BCUT2D eigenvalue weighted by molar-refractivity contribution is 1.19. The third-order valence-corrected chi connectivity index (χ3v) is 3.82. The van der Waals surface area contributed by atoms with E-state index in [4.69, 9.17) is 4.98 Å². The zero-order chi connectivity index (χ0) is 15.8. The lowest BCUT2D eigenvalue weighted by atomic mass is 10.1. The van der Waals surface area contributed by atoms with Crippen molar-refractivity contribution in [2.75, 3.05) is 5.75 Å². The zero-order valence-electron chi connectivity index (χ0n) is 13.0. The molecule has 0 unspecified atom stereocenters. The smallest absolute Gasteiger partial charge is 0.0904 e. The van der Waals surface area contributed by atoms with Crippen molar-refractivity contribution in [1.29, 1.82) is 0 Å². The summed E-state index contributed by atoms with van der Waals surface area (Å²) < 4.78 is 0. The van der Waals surface area contributed by atoms with Gasteiger partial charge in [0.15, 0.2) is 0 Å². The van der Waals surface area contributed by atoms with Gasteiger partial charge < -0.3 is 0 Å². The Morgan fingerprint density at radius 1 is 1.23 bits per heavy atom. The minimum atomic E-state index is 0.882. The standard InChI is InChI=1S/C19H20N2S/c1-4-6-7-10-15(3)18-13-16(22-5-2)14-19(21-18)17-11-8-9-12-20-17/h4,6-14H,3,5H2,1-2H3/b6-4-,10-7-. The third kappa shape index (κ3) is 4.43. The largest absolute Gasteiger partial charge is 0.255 e. The summed E-state index contributed by atoms with van der Waals surface area (Å²) in [5, 5.41) is 0. The summed E-state index contributed by atoms with van der Waals surface area (Å²) in [7, 11) is 0. The van der Waals surface area contributed by atoms with E-state index < -0.39 is 0 Å². The van der Waals surface area contributed by atoms with Crippen LogP contribution in [0.3, 0.4) is 0 Å². The SMILES string of the molecule is C=C(/C=C\C=C/C)c1cc(SCC)cc(-c2ccccn2)n1. The van der Waals surface area contributed by atoms with Crippen LogP contribution in [0.5, 0.6) is 0 Å². The molecule has 2 heterocycles. The molecule has 0 atom stereocenters. The molecule has 112 valence electrons. The van der Waals surface area contributed by atoms with Gasteiger partial charge in [-0.25, -0.2) is 4.98 Å². The summed E-state index contributed by atoms with van der Waals surface area (Å²) >= 11 is 1.80. The number of pyridine rings is 2. The summed E-state index contributed by atoms with van der Waals surface area (Å²) in [6.07, 6.45) is 9.71. The Hall–Kier alpha value is -2.13. The molecule has 0 amide bonds. The van der Waals surface area contributed by atoms with Gasteiger partial charge in [0.2, 0.25) is 0 Å². The van der Waals surface area contributed by atoms with Crippen molar-refractivity contribution < 1.29 is 0 Å². The molecule has 0 aromatic carbocycles. The van der Waals surface area contributed by atoms with Gasteiger partial charge >= 0.3 is 0 Å². The van der Waals surface area contributed by atoms with Crippen LogP contribution in [0, 0.1) is 0 Å². The van der Waals surface area contributed by atoms with Crippen molar-refractivity contribution in [2.45, 2.75) is 18.7 Å². The maximum atomic E-state index is 4.71. The predicted molar refractivity (Wildman–Crippen MR) is 96.9 cm³/mol. The Morgan fingerprint density at radius 3 is 2.77 bits per heavy atom. The minimum Gasteiger partial charge on any atom is -0.255 e. The highest BCUT2D eigenvalue weighted by molar-refractivity contribution is 7.99. The fourth-order valence-electron chi connectivity index (χ4n) is 1.93. The van der Waals surface area contributed by atoms with Gasteiger partial charge in [0.25, 0.3) is 0 Å². The topological polar surface area (TPSA) is 25.8 Å². The lowest BCUT2D eigenvalue weighted by Gasteiger charge is -2.08. The third-order valence-electron chi connectivity index (χ3n) is 2.97. The molecule has 2 nitrogen and oxygen atoms in total. The molecule has 0 saturated carbocycles. The molecule has 0 bridgehead atoms. The molecule has 2 aromatic rings. The van der Waals surface area contributed by atoms with Gasteiger partial charge in [0, 0.05) is 11.1 Å². The van der Waals surface area contributed by atoms with Gasteiger partial charge in [0.1, 0.15) is 0 Å². The summed E-state index contributed by atoms with van der Waals surface area (Å²) in [5.74, 6) is 1.02. The van der Waals surface area contributed by atoms with Gasteiger partial charge in [-0.2, -0.15) is 0 Å². The van der Waals surface area contributed by atoms with Crippen LogP contribution in [-0.2, 0) is 0 Å². The molecule has 3 heteroatoms. The molecule has 0 fully saturated rings. The number of allylic oxidation sites excluding steroid dienone is 5. The molecule has 2 aromatic heterocycles. The van der Waals surface area contributed by atoms with Crippen molar-refractivity contribution in [2.24, 2.45) is 0 Å². The average molecular weight is 308 g/mol. The van der Waals surface area contributed by atoms with E-state index in [2.05, 4.69) is 30.6 Å². The van der Waals surface area contributed by atoms with Crippen LogP contribution in [0.15, 0.2) is 72.3 Å². The molecule has 22 heavy (non-hydrogen) atoms. The first-order chi connectivity index (χ1) is 10.7. The van der Waals surface area contributed by atoms with E-state index in [0.717, 1.165) is 28.4 Å². The Balaban J connectivity index is 2.41.